The zero-order valence-electron chi connectivity index (χ0n) is 12.7. The lowest BCUT2D eigenvalue weighted by Gasteiger charge is -2.12. The molecular formula is C16H22N4O. The molecule has 112 valence electrons. The topological polar surface area (TPSA) is 52.0 Å². The molecule has 1 aromatic carbocycles. The molecule has 3 rings (SSSR count). The van der Waals surface area contributed by atoms with Crippen LogP contribution in [0.15, 0.2) is 24.3 Å². The van der Waals surface area contributed by atoms with Gasteiger partial charge in [-0.15, -0.1) is 0 Å². The molecule has 1 heterocycles. The number of para-hydroxylation sites is 1. The van der Waals surface area contributed by atoms with Crippen molar-refractivity contribution in [3.05, 3.63) is 41.5 Å². The number of hydrogen-bond acceptors (Lipinski definition) is 4. The van der Waals surface area contributed by atoms with E-state index < -0.39 is 0 Å². The second-order valence-corrected chi connectivity index (χ2v) is 5.54. The van der Waals surface area contributed by atoms with E-state index in [0.29, 0.717) is 12.6 Å². The Morgan fingerprint density at radius 2 is 2.10 bits per heavy atom. The lowest BCUT2D eigenvalue weighted by molar-refractivity contribution is 0.286. The Balaban J connectivity index is 1.55. The highest BCUT2D eigenvalue weighted by Crippen LogP contribution is 2.22. The summed E-state index contributed by atoms with van der Waals surface area (Å²) in [7, 11) is 0. The van der Waals surface area contributed by atoms with E-state index in [0.717, 1.165) is 30.5 Å². The van der Waals surface area contributed by atoms with Crippen molar-refractivity contribution >= 4 is 0 Å². The van der Waals surface area contributed by atoms with Gasteiger partial charge in [-0.05, 0) is 32.8 Å². The predicted molar refractivity (Wildman–Crippen MR) is 81.3 cm³/mol. The molecule has 0 radical (unpaired) electrons. The summed E-state index contributed by atoms with van der Waals surface area (Å²) in [5, 5.41) is 7.87. The number of aromatic nitrogens is 3. The number of ether oxygens (including phenoxy) is 1. The van der Waals surface area contributed by atoms with Crippen LogP contribution in [0.1, 0.15) is 30.1 Å². The first-order chi connectivity index (χ1) is 10.2. The lowest BCUT2D eigenvalue weighted by atomic mass is 10.2. The smallest absolute Gasteiger partial charge is 0.147 e. The van der Waals surface area contributed by atoms with E-state index >= 15 is 0 Å². The molecule has 0 aliphatic heterocycles. The molecule has 0 amide bonds. The molecule has 1 aliphatic carbocycles. The van der Waals surface area contributed by atoms with E-state index in [-0.39, 0.29) is 0 Å². The molecule has 5 nitrogen and oxygen atoms in total. The largest absolute Gasteiger partial charge is 0.491 e. The molecule has 1 aromatic heterocycles. The van der Waals surface area contributed by atoms with Crippen LogP contribution >= 0.6 is 0 Å². The Morgan fingerprint density at radius 1 is 1.29 bits per heavy atom. The van der Waals surface area contributed by atoms with E-state index in [1.54, 1.807) is 0 Å². The van der Waals surface area contributed by atoms with Gasteiger partial charge in [-0.2, -0.15) is 5.10 Å². The monoisotopic (exact) mass is 286 g/mol. The molecule has 1 fully saturated rings. The van der Waals surface area contributed by atoms with Crippen molar-refractivity contribution < 1.29 is 4.74 Å². The second kappa shape index (κ2) is 6.26. The highest BCUT2D eigenvalue weighted by molar-refractivity contribution is 5.33. The van der Waals surface area contributed by atoms with Gasteiger partial charge in [0.15, 0.2) is 0 Å². The van der Waals surface area contributed by atoms with Gasteiger partial charge < -0.3 is 10.1 Å². The first kappa shape index (κ1) is 14.1. The number of benzene rings is 1. The Bertz CT molecular complexity index is 604. The van der Waals surface area contributed by atoms with E-state index in [1.165, 1.54) is 18.4 Å². The molecule has 2 aromatic rings. The first-order valence-electron chi connectivity index (χ1n) is 7.54. The molecule has 21 heavy (non-hydrogen) atoms. The Morgan fingerprint density at radius 3 is 2.81 bits per heavy atom. The summed E-state index contributed by atoms with van der Waals surface area (Å²) in [6.45, 7) is 6.07. The average molecular weight is 286 g/mol. The Hall–Kier alpha value is -1.88. The van der Waals surface area contributed by atoms with Crippen LogP contribution in [0.25, 0.3) is 0 Å². The number of aryl methyl sites for hydroxylation is 2. The van der Waals surface area contributed by atoms with Crippen LogP contribution in [0.5, 0.6) is 5.75 Å². The van der Waals surface area contributed by atoms with Crippen molar-refractivity contribution in [1.82, 2.24) is 20.1 Å². The lowest BCUT2D eigenvalue weighted by Crippen LogP contribution is -2.17. The highest BCUT2D eigenvalue weighted by atomic mass is 16.5. The van der Waals surface area contributed by atoms with Crippen molar-refractivity contribution in [1.29, 1.82) is 0 Å². The Labute approximate surface area is 125 Å². The van der Waals surface area contributed by atoms with Gasteiger partial charge >= 0.3 is 0 Å². The van der Waals surface area contributed by atoms with E-state index in [2.05, 4.69) is 27.5 Å². The molecule has 0 atom stereocenters. The number of nitrogens with zero attached hydrogens (tertiary/aromatic N) is 3. The summed E-state index contributed by atoms with van der Waals surface area (Å²) in [5.41, 5.74) is 1.22. The van der Waals surface area contributed by atoms with Gasteiger partial charge in [0.05, 0.1) is 6.54 Å². The number of hydrogen-bond donors (Lipinski definition) is 1. The summed E-state index contributed by atoms with van der Waals surface area (Å²) >= 11 is 0. The maximum atomic E-state index is 5.93. The van der Waals surface area contributed by atoms with Crippen molar-refractivity contribution in [3.63, 3.8) is 0 Å². The zero-order chi connectivity index (χ0) is 14.7. The van der Waals surface area contributed by atoms with Crippen molar-refractivity contribution in [2.75, 3.05) is 6.61 Å². The summed E-state index contributed by atoms with van der Waals surface area (Å²) in [5.74, 6) is 2.70. The minimum atomic E-state index is 0.601. The van der Waals surface area contributed by atoms with Gasteiger partial charge in [0.1, 0.15) is 24.0 Å². The zero-order valence-corrected chi connectivity index (χ0v) is 12.7. The summed E-state index contributed by atoms with van der Waals surface area (Å²) < 4.78 is 7.82. The van der Waals surface area contributed by atoms with Gasteiger partial charge in [0.25, 0.3) is 0 Å². The number of rotatable bonds is 7. The SMILES string of the molecule is Cc1nc(C)n(CCOc2ccccc2CNC2CC2)n1. The summed E-state index contributed by atoms with van der Waals surface area (Å²) in [6, 6.07) is 8.93. The molecule has 0 unspecified atom stereocenters. The molecule has 0 bridgehead atoms. The Kier molecular flexibility index (Phi) is 4.20. The van der Waals surface area contributed by atoms with Crippen LogP contribution < -0.4 is 10.1 Å². The normalized spacial score (nSPS) is 14.4. The van der Waals surface area contributed by atoms with Crippen LogP contribution in [0, 0.1) is 13.8 Å². The van der Waals surface area contributed by atoms with Gasteiger partial charge in [-0.1, -0.05) is 18.2 Å². The minimum absolute atomic E-state index is 0.601. The fourth-order valence-corrected chi connectivity index (χ4v) is 2.35. The van der Waals surface area contributed by atoms with Crippen LogP contribution in [-0.4, -0.2) is 27.4 Å². The number of nitrogens with one attached hydrogen (secondary N) is 1. The molecule has 5 heteroatoms. The molecule has 0 spiro atoms. The fourth-order valence-electron chi connectivity index (χ4n) is 2.35. The van der Waals surface area contributed by atoms with Gasteiger partial charge in [0.2, 0.25) is 0 Å². The third-order valence-corrected chi connectivity index (χ3v) is 3.65. The minimum Gasteiger partial charge on any atom is -0.491 e. The summed E-state index contributed by atoms with van der Waals surface area (Å²) in [4.78, 5) is 4.30. The molecule has 0 saturated heterocycles. The fraction of sp³-hybridized carbons (Fsp3) is 0.500. The predicted octanol–water partition coefficient (Wildman–Crippen LogP) is 2.23. The molecular weight excluding hydrogens is 264 g/mol. The quantitative estimate of drug-likeness (QED) is 0.848. The maximum absolute atomic E-state index is 5.93. The average Bonchev–Trinajstić information content (AvgIpc) is 3.24. The van der Waals surface area contributed by atoms with Gasteiger partial charge in [-0.25, -0.2) is 9.67 Å². The van der Waals surface area contributed by atoms with Gasteiger partial charge in [0, 0.05) is 18.2 Å². The van der Waals surface area contributed by atoms with Gasteiger partial charge in [-0.3, -0.25) is 0 Å². The van der Waals surface area contributed by atoms with E-state index in [1.807, 2.05) is 30.7 Å². The second-order valence-electron chi connectivity index (χ2n) is 5.54. The van der Waals surface area contributed by atoms with Crippen LogP contribution in [-0.2, 0) is 13.1 Å². The maximum Gasteiger partial charge on any atom is 0.147 e. The van der Waals surface area contributed by atoms with Crippen LogP contribution in [0.2, 0.25) is 0 Å². The highest BCUT2D eigenvalue weighted by Gasteiger charge is 2.20. The third-order valence-electron chi connectivity index (χ3n) is 3.65. The van der Waals surface area contributed by atoms with Crippen molar-refractivity contribution in [3.8, 4) is 5.75 Å². The molecule has 1 aliphatic rings. The van der Waals surface area contributed by atoms with E-state index in [9.17, 15) is 0 Å². The molecule has 1 N–H and O–H groups in total. The first-order valence-corrected chi connectivity index (χ1v) is 7.54. The van der Waals surface area contributed by atoms with Crippen LogP contribution in [0.3, 0.4) is 0 Å². The standard InChI is InChI=1S/C16H22N4O/c1-12-18-13(2)20(19-12)9-10-21-16-6-4-3-5-14(16)11-17-15-7-8-15/h3-6,15,17H,7-11H2,1-2H3. The van der Waals surface area contributed by atoms with E-state index in [4.69, 9.17) is 4.74 Å². The molecule has 1 saturated carbocycles. The van der Waals surface area contributed by atoms with Crippen molar-refractivity contribution in [2.45, 2.75) is 45.8 Å². The van der Waals surface area contributed by atoms with Crippen LogP contribution in [0.4, 0.5) is 0 Å². The summed E-state index contributed by atoms with van der Waals surface area (Å²) in [6.07, 6.45) is 2.60. The van der Waals surface area contributed by atoms with Crippen molar-refractivity contribution in [2.24, 2.45) is 0 Å². The third kappa shape index (κ3) is 3.82.